The molecule has 1 aromatic carbocycles. The fraction of sp³-hybridized carbons (Fsp3) is 0.438. The summed E-state index contributed by atoms with van der Waals surface area (Å²) in [4.78, 5) is 22.7. The van der Waals surface area contributed by atoms with E-state index >= 15 is 0 Å². The quantitative estimate of drug-likeness (QED) is 0.292. The van der Waals surface area contributed by atoms with Gasteiger partial charge in [-0.3, -0.25) is 20.4 Å². The Bertz CT molecular complexity index is 807. The SMILES string of the molecule is CC(=O)Nc1ccc(S(=O)(=O)NCC(=O)NNC(=S)NCC2CCCO2)cc1. The summed E-state index contributed by atoms with van der Waals surface area (Å²) in [5.74, 6) is -0.874. The van der Waals surface area contributed by atoms with Crippen molar-refractivity contribution in [1.82, 2.24) is 20.9 Å². The number of hydrogen-bond donors (Lipinski definition) is 5. The maximum absolute atomic E-state index is 12.2. The highest BCUT2D eigenvalue weighted by Crippen LogP contribution is 2.13. The minimum Gasteiger partial charge on any atom is -0.376 e. The summed E-state index contributed by atoms with van der Waals surface area (Å²) >= 11 is 5.02. The normalized spacial score (nSPS) is 16.2. The molecular formula is C16H23N5O5S2. The van der Waals surface area contributed by atoms with Crippen molar-refractivity contribution >= 4 is 44.9 Å². The van der Waals surface area contributed by atoms with Gasteiger partial charge in [-0.2, -0.15) is 0 Å². The van der Waals surface area contributed by atoms with Crippen LogP contribution in [0.4, 0.5) is 5.69 Å². The topological polar surface area (TPSA) is 138 Å². The van der Waals surface area contributed by atoms with Crippen molar-refractivity contribution in [3.05, 3.63) is 24.3 Å². The molecule has 0 saturated carbocycles. The van der Waals surface area contributed by atoms with Crippen molar-refractivity contribution < 1.29 is 22.7 Å². The smallest absolute Gasteiger partial charge is 0.253 e. The minimum atomic E-state index is -3.88. The molecule has 28 heavy (non-hydrogen) atoms. The summed E-state index contributed by atoms with van der Waals surface area (Å²) in [6, 6.07) is 5.56. The lowest BCUT2D eigenvalue weighted by Crippen LogP contribution is -2.50. The number of nitrogens with one attached hydrogen (secondary N) is 5. The molecule has 1 aliphatic heterocycles. The number of anilines is 1. The van der Waals surface area contributed by atoms with E-state index in [4.69, 9.17) is 17.0 Å². The number of carbonyl (C=O) groups is 2. The molecular weight excluding hydrogens is 406 g/mol. The summed E-state index contributed by atoms with van der Waals surface area (Å²) in [5, 5.41) is 5.65. The van der Waals surface area contributed by atoms with Gasteiger partial charge in [0.1, 0.15) is 0 Å². The average Bonchev–Trinajstić information content (AvgIpc) is 3.16. The summed E-state index contributed by atoms with van der Waals surface area (Å²) in [5.41, 5.74) is 5.27. The zero-order valence-corrected chi connectivity index (χ0v) is 16.9. The summed E-state index contributed by atoms with van der Waals surface area (Å²) in [6.45, 7) is 2.14. The number of benzene rings is 1. The molecule has 0 aromatic heterocycles. The average molecular weight is 430 g/mol. The van der Waals surface area contributed by atoms with E-state index in [1.54, 1.807) is 0 Å². The number of hydrogen-bond acceptors (Lipinski definition) is 6. The van der Waals surface area contributed by atoms with Gasteiger partial charge in [-0.15, -0.1) is 0 Å². The van der Waals surface area contributed by atoms with Crippen molar-refractivity contribution in [3.8, 4) is 0 Å². The molecule has 1 atom stereocenters. The van der Waals surface area contributed by atoms with E-state index in [9.17, 15) is 18.0 Å². The molecule has 1 heterocycles. The van der Waals surface area contributed by atoms with E-state index in [-0.39, 0.29) is 22.0 Å². The number of hydrazine groups is 1. The standard InChI is InChI=1S/C16H23N5O5S2/c1-11(22)19-12-4-6-14(7-5-12)28(24,25)18-10-15(23)20-21-16(27)17-9-13-3-2-8-26-13/h4-7,13,18H,2-3,8-10H2,1H3,(H,19,22)(H,20,23)(H2,17,21,27). The number of sulfonamides is 1. The first kappa shape index (κ1) is 22.0. The molecule has 1 aromatic rings. The number of amides is 2. The second-order valence-electron chi connectivity index (χ2n) is 6.05. The van der Waals surface area contributed by atoms with E-state index in [1.165, 1.54) is 31.2 Å². The monoisotopic (exact) mass is 429 g/mol. The summed E-state index contributed by atoms with van der Waals surface area (Å²) in [6.07, 6.45) is 2.06. The van der Waals surface area contributed by atoms with Crippen LogP contribution in [0, 0.1) is 0 Å². The van der Waals surface area contributed by atoms with Crippen molar-refractivity contribution in [1.29, 1.82) is 0 Å². The van der Waals surface area contributed by atoms with E-state index < -0.39 is 22.5 Å². The predicted octanol–water partition coefficient (Wildman–Crippen LogP) is -0.402. The highest BCUT2D eigenvalue weighted by atomic mass is 32.2. The van der Waals surface area contributed by atoms with Crippen LogP contribution in [0.5, 0.6) is 0 Å². The maximum Gasteiger partial charge on any atom is 0.253 e. The Balaban J connectivity index is 1.72. The molecule has 10 nitrogen and oxygen atoms in total. The first-order chi connectivity index (χ1) is 13.3. The van der Waals surface area contributed by atoms with Gasteiger partial charge < -0.3 is 15.4 Å². The summed E-state index contributed by atoms with van der Waals surface area (Å²) < 4.78 is 32.0. The van der Waals surface area contributed by atoms with Crippen LogP contribution in [0.25, 0.3) is 0 Å². The molecule has 1 unspecified atom stereocenters. The molecule has 154 valence electrons. The minimum absolute atomic E-state index is 0.0314. The van der Waals surface area contributed by atoms with E-state index in [2.05, 4.69) is 26.2 Å². The van der Waals surface area contributed by atoms with Gasteiger partial charge in [0.25, 0.3) is 5.91 Å². The van der Waals surface area contributed by atoms with Crippen LogP contribution in [0.3, 0.4) is 0 Å². The molecule has 1 fully saturated rings. The molecule has 2 rings (SSSR count). The lowest BCUT2D eigenvalue weighted by atomic mass is 10.2. The van der Waals surface area contributed by atoms with Gasteiger partial charge in [0.2, 0.25) is 15.9 Å². The second kappa shape index (κ2) is 10.3. The van der Waals surface area contributed by atoms with Crippen LogP contribution in [0.15, 0.2) is 29.2 Å². The van der Waals surface area contributed by atoms with Crippen LogP contribution >= 0.6 is 12.2 Å². The van der Waals surface area contributed by atoms with Gasteiger partial charge in [-0.1, -0.05) is 0 Å². The Kier molecular flexibility index (Phi) is 8.11. The molecule has 1 aliphatic rings. The van der Waals surface area contributed by atoms with Gasteiger partial charge in [0, 0.05) is 25.8 Å². The summed E-state index contributed by atoms with van der Waals surface area (Å²) in [7, 11) is -3.88. The van der Waals surface area contributed by atoms with Crippen molar-refractivity contribution in [2.24, 2.45) is 0 Å². The fourth-order valence-corrected chi connectivity index (χ4v) is 3.51. The Hall–Kier alpha value is -2.28. The number of rotatable bonds is 7. The zero-order valence-electron chi connectivity index (χ0n) is 15.3. The van der Waals surface area contributed by atoms with Gasteiger partial charge in [0.05, 0.1) is 17.5 Å². The van der Waals surface area contributed by atoms with Crippen LogP contribution in [0.2, 0.25) is 0 Å². The molecule has 0 bridgehead atoms. The number of carbonyl (C=O) groups excluding carboxylic acids is 2. The first-order valence-electron chi connectivity index (χ1n) is 8.58. The van der Waals surface area contributed by atoms with Gasteiger partial charge >= 0.3 is 0 Å². The lowest BCUT2D eigenvalue weighted by Gasteiger charge is -2.14. The van der Waals surface area contributed by atoms with Crippen molar-refractivity contribution in [2.75, 3.05) is 25.0 Å². The lowest BCUT2D eigenvalue weighted by molar-refractivity contribution is -0.120. The van der Waals surface area contributed by atoms with E-state index in [1.807, 2.05) is 0 Å². The molecule has 5 N–H and O–H groups in total. The molecule has 0 spiro atoms. The Labute approximate surface area is 168 Å². The van der Waals surface area contributed by atoms with E-state index in [0.29, 0.717) is 12.2 Å². The molecule has 0 radical (unpaired) electrons. The Morgan fingerprint density at radius 3 is 2.54 bits per heavy atom. The predicted molar refractivity (Wildman–Crippen MR) is 107 cm³/mol. The highest BCUT2D eigenvalue weighted by molar-refractivity contribution is 7.89. The molecule has 1 saturated heterocycles. The van der Waals surface area contributed by atoms with Crippen molar-refractivity contribution in [3.63, 3.8) is 0 Å². The number of ether oxygens (including phenoxy) is 1. The Morgan fingerprint density at radius 1 is 1.21 bits per heavy atom. The highest BCUT2D eigenvalue weighted by Gasteiger charge is 2.17. The third-order valence-corrected chi connectivity index (χ3v) is 5.40. The van der Waals surface area contributed by atoms with Crippen LogP contribution in [-0.4, -0.2) is 51.1 Å². The third-order valence-electron chi connectivity index (χ3n) is 3.74. The molecule has 12 heteroatoms. The molecule has 2 amide bonds. The second-order valence-corrected chi connectivity index (χ2v) is 8.22. The Morgan fingerprint density at radius 2 is 1.93 bits per heavy atom. The van der Waals surface area contributed by atoms with Gasteiger partial charge in [-0.25, -0.2) is 13.1 Å². The van der Waals surface area contributed by atoms with Crippen LogP contribution in [0.1, 0.15) is 19.8 Å². The van der Waals surface area contributed by atoms with Crippen LogP contribution in [-0.2, 0) is 24.3 Å². The van der Waals surface area contributed by atoms with Gasteiger partial charge in [-0.05, 0) is 49.3 Å². The largest absolute Gasteiger partial charge is 0.376 e. The van der Waals surface area contributed by atoms with Crippen molar-refractivity contribution in [2.45, 2.75) is 30.8 Å². The first-order valence-corrected chi connectivity index (χ1v) is 10.5. The van der Waals surface area contributed by atoms with Gasteiger partial charge in [0.15, 0.2) is 5.11 Å². The fourth-order valence-electron chi connectivity index (χ4n) is 2.39. The van der Waals surface area contributed by atoms with E-state index in [0.717, 1.165) is 19.4 Å². The molecule has 0 aliphatic carbocycles. The third kappa shape index (κ3) is 7.38. The van der Waals surface area contributed by atoms with Crippen LogP contribution < -0.4 is 26.2 Å². The maximum atomic E-state index is 12.2. The zero-order chi connectivity index (χ0) is 20.6. The number of thiocarbonyl (C=S) groups is 1.